The lowest BCUT2D eigenvalue weighted by molar-refractivity contribution is -0.150. The fourth-order valence-electron chi connectivity index (χ4n) is 3.24. The van der Waals surface area contributed by atoms with Crippen LogP contribution in [0.4, 0.5) is 0 Å². The number of carbonyl (C=O) groups excluding carboxylic acids is 2. The molecule has 0 saturated heterocycles. The zero-order valence-corrected chi connectivity index (χ0v) is 18.6. The zero-order chi connectivity index (χ0) is 21.8. The first-order valence-electron chi connectivity index (χ1n) is 9.02. The number of nitrogens with zero attached hydrogens (tertiary/aromatic N) is 1. The number of halogens is 2. The molecule has 0 aromatic heterocycles. The number of carbonyl (C=O) groups is 2. The molecule has 1 N–H and O–H groups in total. The van der Waals surface area contributed by atoms with E-state index < -0.39 is 23.7 Å². The third-order valence-electron chi connectivity index (χ3n) is 4.79. The smallest absolute Gasteiger partial charge is 0.319 e. The van der Waals surface area contributed by atoms with Crippen molar-refractivity contribution in [3.8, 4) is 6.07 Å². The molecule has 154 valence electrons. The average molecular weight is 461 g/mol. The van der Waals surface area contributed by atoms with Gasteiger partial charge >= 0.3 is 5.97 Å². The summed E-state index contributed by atoms with van der Waals surface area (Å²) in [6, 6.07) is 14.9. The van der Waals surface area contributed by atoms with Crippen molar-refractivity contribution in [3.05, 3.63) is 79.8 Å². The summed E-state index contributed by atoms with van der Waals surface area (Å²) < 4.78 is 4.85. The minimum atomic E-state index is -1.14. The van der Waals surface area contributed by atoms with Gasteiger partial charge in [-0.25, -0.2) is 0 Å². The van der Waals surface area contributed by atoms with Crippen molar-refractivity contribution < 1.29 is 14.3 Å². The van der Waals surface area contributed by atoms with Crippen LogP contribution in [0.1, 0.15) is 22.6 Å². The van der Waals surface area contributed by atoms with E-state index in [1.54, 1.807) is 12.1 Å². The second-order valence-corrected chi connectivity index (χ2v) is 8.57. The van der Waals surface area contributed by atoms with E-state index in [9.17, 15) is 14.9 Å². The lowest BCUT2D eigenvalue weighted by Gasteiger charge is -2.31. The number of benzene rings is 2. The summed E-state index contributed by atoms with van der Waals surface area (Å²) in [6.45, 7) is 1.94. The highest BCUT2D eigenvalue weighted by molar-refractivity contribution is 8.02. The second kappa shape index (κ2) is 9.57. The van der Waals surface area contributed by atoms with Gasteiger partial charge in [-0.05, 0) is 30.2 Å². The number of thioether (sulfide) groups is 1. The highest BCUT2D eigenvalue weighted by atomic mass is 35.5. The molecule has 0 saturated carbocycles. The van der Waals surface area contributed by atoms with Gasteiger partial charge in [0.05, 0.1) is 33.8 Å². The molecule has 1 heterocycles. The van der Waals surface area contributed by atoms with E-state index in [0.29, 0.717) is 32.0 Å². The van der Waals surface area contributed by atoms with Crippen molar-refractivity contribution in [2.24, 2.45) is 5.92 Å². The van der Waals surface area contributed by atoms with E-state index in [0.717, 1.165) is 11.1 Å². The van der Waals surface area contributed by atoms with Crippen LogP contribution < -0.4 is 5.32 Å². The van der Waals surface area contributed by atoms with Crippen LogP contribution >= 0.6 is 35.0 Å². The number of methoxy groups -OCH3 is 1. The predicted molar refractivity (Wildman–Crippen MR) is 118 cm³/mol. The monoisotopic (exact) mass is 460 g/mol. The molecule has 1 amide bonds. The first-order chi connectivity index (χ1) is 14.3. The highest BCUT2D eigenvalue weighted by Crippen LogP contribution is 2.41. The van der Waals surface area contributed by atoms with Crippen LogP contribution in [0.3, 0.4) is 0 Å². The number of ether oxygens (including phenoxy) is 1. The normalized spacial score (nSPS) is 18.6. The third-order valence-corrected chi connectivity index (χ3v) is 6.61. The van der Waals surface area contributed by atoms with Crippen LogP contribution in [-0.2, 0) is 20.1 Å². The molecule has 0 spiro atoms. The molecule has 3 rings (SSSR count). The van der Waals surface area contributed by atoms with Gasteiger partial charge in [-0.3, -0.25) is 9.59 Å². The summed E-state index contributed by atoms with van der Waals surface area (Å²) in [5.74, 6) is -2.58. The Morgan fingerprint density at radius 2 is 1.90 bits per heavy atom. The summed E-state index contributed by atoms with van der Waals surface area (Å²) in [5.41, 5.74) is 2.94. The third kappa shape index (κ3) is 4.65. The van der Waals surface area contributed by atoms with E-state index in [1.165, 1.54) is 18.9 Å². The maximum Gasteiger partial charge on any atom is 0.319 e. The number of nitriles is 1. The molecule has 2 aromatic rings. The number of nitrogens with one attached hydrogen (secondary N) is 1. The van der Waals surface area contributed by atoms with Crippen LogP contribution in [0.5, 0.6) is 0 Å². The number of allylic oxidation sites excluding steroid dienone is 1. The van der Waals surface area contributed by atoms with E-state index in [4.69, 9.17) is 27.9 Å². The average Bonchev–Trinajstić information content (AvgIpc) is 2.74. The van der Waals surface area contributed by atoms with Crippen molar-refractivity contribution in [2.75, 3.05) is 7.11 Å². The van der Waals surface area contributed by atoms with Crippen molar-refractivity contribution in [1.82, 2.24) is 5.32 Å². The molecule has 30 heavy (non-hydrogen) atoms. The molecule has 5 nitrogen and oxygen atoms in total. The molecular weight excluding hydrogens is 443 g/mol. The Kier molecular flexibility index (Phi) is 7.09. The molecule has 1 aliphatic heterocycles. The Labute approximate surface area is 189 Å². The van der Waals surface area contributed by atoms with Crippen LogP contribution in [0.2, 0.25) is 10.0 Å². The van der Waals surface area contributed by atoms with Gasteiger partial charge in [0.2, 0.25) is 5.91 Å². The molecule has 1 aliphatic rings. The molecular formula is C22H18Cl2N2O3S. The minimum Gasteiger partial charge on any atom is -0.468 e. The fraction of sp³-hybridized carbons (Fsp3) is 0.227. The second-order valence-electron chi connectivity index (χ2n) is 6.77. The summed E-state index contributed by atoms with van der Waals surface area (Å²) in [5, 5.41) is 13.9. The van der Waals surface area contributed by atoms with Crippen LogP contribution in [-0.4, -0.2) is 19.0 Å². The summed E-state index contributed by atoms with van der Waals surface area (Å²) >= 11 is 13.3. The summed E-state index contributed by atoms with van der Waals surface area (Å²) in [6.07, 6.45) is 0. The van der Waals surface area contributed by atoms with Crippen molar-refractivity contribution in [2.45, 2.75) is 18.6 Å². The van der Waals surface area contributed by atoms with E-state index in [-0.39, 0.29) is 0 Å². The molecule has 0 unspecified atom stereocenters. The van der Waals surface area contributed by atoms with Crippen LogP contribution in [0.15, 0.2) is 53.1 Å². The standard InChI is InChI=1S/C22H18Cl2N2O3S/c1-12-3-6-14(7-4-12)18-15(10-25)21(26-20(27)19(18)22(28)29-2)30-11-13-5-8-16(23)17(24)9-13/h3-9,18-19H,11H2,1-2H3,(H,26,27)/t18-,19+/m0/s1. The van der Waals surface area contributed by atoms with Crippen molar-refractivity contribution in [1.29, 1.82) is 5.26 Å². The number of hydrogen-bond donors (Lipinski definition) is 1. The first kappa shape index (κ1) is 22.2. The highest BCUT2D eigenvalue weighted by Gasteiger charge is 2.44. The Hall–Kier alpha value is -2.46. The first-order valence-corrected chi connectivity index (χ1v) is 10.8. The Bertz CT molecular complexity index is 1060. The molecule has 0 radical (unpaired) electrons. The molecule has 0 fully saturated rings. The molecule has 8 heteroatoms. The number of aryl methyl sites for hydroxylation is 1. The maximum atomic E-state index is 12.8. The van der Waals surface area contributed by atoms with Gasteiger partial charge in [-0.15, -0.1) is 11.8 Å². The van der Waals surface area contributed by atoms with E-state index >= 15 is 0 Å². The lowest BCUT2D eigenvalue weighted by atomic mass is 9.78. The number of esters is 1. The molecule has 2 atom stereocenters. The van der Waals surface area contributed by atoms with Gasteiger partial charge in [0, 0.05) is 11.7 Å². The number of hydrogen-bond acceptors (Lipinski definition) is 5. The predicted octanol–water partition coefficient (Wildman–Crippen LogP) is 4.97. The van der Waals surface area contributed by atoms with Gasteiger partial charge in [0.25, 0.3) is 0 Å². The quantitative estimate of drug-likeness (QED) is 0.502. The lowest BCUT2D eigenvalue weighted by Crippen LogP contribution is -2.44. The Morgan fingerprint density at radius 3 is 2.50 bits per heavy atom. The number of rotatable bonds is 5. The molecule has 2 aromatic carbocycles. The SMILES string of the molecule is COC(=O)[C@H]1C(=O)NC(SCc2ccc(Cl)c(Cl)c2)=C(C#N)[C@@H]1c1ccc(C)cc1. The van der Waals surface area contributed by atoms with E-state index in [2.05, 4.69) is 11.4 Å². The van der Waals surface area contributed by atoms with Gasteiger partial charge in [0.1, 0.15) is 5.92 Å². The van der Waals surface area contributed by atoms with Gasteiger partial charge in [0.15, 0.2) is 0 Å². The van der Waals surface area contributed by atoms with E-state index in [1.807, 2.05) is 37.3 Å². The Morgan fingerprint density at radius 1 is 1.20 bits per heavy atom. The minimum absolute atomic E-state index is 0.318. The molecule has 0 aliphatic carbocycles. The Balaban J connectivity index is 2.00. The van der Waals surface area contributed by atoms with Gasteiger partial charge in [-0.1, -0.05) is 59.1 Å². The maximum absolute atomic E-state index is 12.8. The summed E-state index contributed by atoms with van der Waals surface area (Å²) in [4.78, 5) is 25.2. The van der Waals surface area contributed by atoms with Crippen molar-refractivity contribution in [3.63, 3.8) is 0 Å². The van der Waals surface area contributed by atoms with Gasteiger partial charge in [-0.2, -0.15) is 5.26 Å². The summed E-state index contributed by atoms with van der Waals surface area (Å²) in [7, 11) is 1.23. The number of amides is 1. The topological polar surface area (TPSA) is 79.2 Å². The van der Waals surface area contributed by atoms with Crippen LogP contribution in [0.25, 0.3) is 0 Å². The largest absolute Gasteiger partial charge is 0.468 e. The fourth-order valence-corrected chi connectivity index (χ4v) is 4.55. The molecule has 0 bridgehead atoms. The van der Waals surface area contributed by atoms with Crippen molar-refractivity contribution >= 4 is 46.8 Å². The van der Waals surface area contributed by atoms with Crippen LogP contribution in [0, 0.1) is 24.2 Å². The zero-order valence-electron chi connectivity index (χ0n) is 16.2. The van der Waals surface area contributed by atoms with Gasteiger partial charge < -0.3 is 10.1 Å².